The number of hydrogen-bond donors (Lipinski definition) is 3. The molecule has 29 heavy (non-hydrogen) atoms. The van der Waals surface area contributed by atoms with E-state index in [2.05, 4.69) is 10.6 Å². The second-order valence-electron chi connectivity index (χ2n) is 6.86. The van der Waals surface area contributed by atoms with Crippen LogP contribution in [0.2, 0.25) is 0 Å². The first-order valence-corrected chi connectivity index (χ1v) is 9.24. The fourth-order valence-corrected chi connectivity index (χ4v) is 2.77. The maximum atomic E-state index is 12.4. The molecular formula is C23H24N4O2. The number of nitrogen functional groups attached to an aromatic ring is 1. The average molecular weight is 388 g/mol. The number of benzene rings is 3. The zero-order valence-electron chi connectivity index (χ0n) is 16.5. The summed E-state index contributed by atoms with van der Waals surface area (Å²) in [5.41, 5.74) is 10.0. The minimum Gasteiger partial charge on any atom is -0.397 e. The molecule has 4 N–H and O–H groups in total. The maximum absolute atomic E-state index is 12.4. The van der Waals surface area contributed by atoms with Gasteiger partial charge in [-0.15, -0.1) is 0 Å². The van der Waals surface area contributed by atoms with E-state index in [0.29, 0.717) is 29.0 Å². The third kappa shape index (κ3) is 5.13. The predicted molar refractivity (Wildman–Crippen MR) is 117 cm³/mol. The summed E-state index contributed by atoms with van der Waals surface area (Å²) in [6.07, 6.45) is 0. The quantitative estimate of drug-likeness (QED) is 0.564. The third-order valence-corrected chi connectivity index (χ3v) is 4.52. The van der Waals surface area contributed by atoms with Crippen LogP contribution in [-0.4, -0.2) is 25.9 Å². The lowest BCUT2D eigenvalue weighted by Crippen LogP contribution is -2.23. The largest absolute Gasteiger partial charge is 0.397 e. The lowest BCUT2D eigenvalue weighted by atomic mass is 10.1. The van der Waals surface area contributed by atoms with Gasteiger partial charge in [-0.25, -0.2) is 0 Å². The standard InChI is InChI=1S/C23H24N4O2/c1-27(2)19-13-11-17(12-14-19)22(28)25-15-16-7-9-18(10-8-16)23(29)26-21-6-4-3-5-20(21)24/h3-14H,15,24H2,1-2H3,(H,25,28)(H,26,29). The topological polar surface area (TPSA) is 87.5 Å². The Morgan fingerprint density at radius 1 is 0.828 bits per heavy atom. The molecule has 0 unspecified atom stereocenters. The lowest BCUT2D eigenvalue weighted by Gasteiger charge is -2.12. The number of anilines is 3. The van der Waals surface area contributed by atoms with Crippen molar-refractivity contribution in [2.24, 2.45) is 0 Å². The summed E-state index contributed by atoms with van der Waals surface area (Å²) in [4.78, 5) is 26.7. The van der Waals surface area contributed by atoms with Gasteiger partial charge in [0.1, 0.15) is 0 Å². The molecule has 3 rings (SSSR count). The summed E-state index contributed by atoms with van der Waals surface area (Å²) in [5, 5.41) is 5.68. The molecule has 3 aromatic carbocycles. The number of hydrogen-bond acceptors (Lipinski definition) is 4. The molecule has 148 valence electrons. The first-order valence-electron chi connectivity index (χ1n) is 9.24. The van der Waals surface area contributed by atoms with Crippen molar-refractivity contribution in [3.05, 3.63) is 89.5 Å². The van der Waals surface area contributed by atoms with Gasteiger partial charge in [0.15, 0.2) is 0 Å². The Bertz CT molecular complexity index is 996. The van der Waals surface area contributed by atoms with Gasteiger partial charge in [-0.1, -0.05) is 24.3 Å². The van der Waals surface area contributed by atoms with Gasteiger partial charge in [0.25, 0.3) is 11.8 Å². The van der Waals surface area contributed by atoms with Crippen LogP contribution in [0.1, 0.15) is 26.3 Å². The molecule has 0 saturated carbocycles. The van der Waals surface area contributed by atoms with Crippen molar-refractivity contribution < 1.29 is 9.59 Å². The Morgan fingerprint density at radius 3 is 2.03 bits per heavy atom. The molecule has 0 bridgehead atoms. The highest BCUT2D eigenvalue weighted by molar-refractivity contribution is 6.05. The van der Waals surface area contributed by atoms with Gasteiger partial charge in [-0.3, -0.25) is 9.59 Å². The van der Waals surface area contributed by atoms with Crippen molar-refractivity contribution in [2.45, 2.75) is 6.54 Å². The summed E-state index contributed by atoms with van der Waals surface area (Å²) in [7, 11) is 3.90. The van der Waals surface area contributed by atoms with Crippen LogP contribution in [0.3, 0.4) is 0 Å². The molecule has 0 radical (unpaired) electrons. The fraction of sp³-hybridized carbons (Fsp3) is 0.130. The van der Waals surface area contributed by atoms with E-state index in [1.807, 2.05) is 55.4 Å². The van der Waals surface area contributed by atoms with Crippen LogP contribution in [0.4, 0.5) is 17.1 Å². The Balaban J connectivity index is 1.57. The highest BCUT2D eigenvalue weighted by Gasteiger charge is 2.09. The number of rotatable bonds is 6. The van der Waals surface area contributed by atoms with E-state index in [0.717, 1.165) is 11.3 Å². The van der Waals surface area contributed by atoms with Gasteiger partial charge in [0, 0.05) is 37.5 Å². The van der Waals surface area contributed by atoms with Crippen LogP contribution >= 0.6 is 0 Å². The number of carbonyl (C=O) groups is 2. The van der Waals surface area contributed by atoms with Gasteiger partial charge in [-0.05, 0) is 54.1 Å². The molecule has 0 fully saturated rings. The second kappa shape index (κ2) is 8.93. The summed E-state index contributed by atoms with van der Waals surface area (Å²) in [5.74, 6) is -0.379. The molecule has 0 saturated heterocycles. The Hall–Kier alpha value is -3.80. The lowest BCUT2D eigenvalue weighted by molar-refractivity contribution is 0.0950. The number of nitrogens with zero attached hydrogens (tertiary/aromatic N) is 1. The normalized spacial score (nSPS) is 10.3. The molecule has 0 aliphatic carbocycles. The van der Waals surface area contributed by atoms with E-state index in [9.17, 15) is 9.59 Å². The van der Waals surface area contributed by atoms with E-state index >= 15 is 0 Å². The number of nitrogens with two attached hydrogens (primary N) is 1. The predicted octanol–water partition coefficient (Wildman–Crippen LogP) is 3.52. The molecule has 6 heteroatoms. The molecule has 0 aliphatic rings. The first kappa shape index (κ1) is 19.9. The molecule has 0 heterocycles. The van der Waals surface area contributed by atoms with Crippen LogP contribution in [0.5, 0.6) is 0 Å². The molecule has 2 amide bonds. The first-order chi connectivity index (χ1) is 13.9. The van der Waals surface area contributed by atoms with Gasteiger partial charge in [0.05, 0.1) is 11.4 Å². The van der Waals surface area contributed by atoms with Crippen molar-refractivity contribution in [3.8, 4) is 0 Å². The van der Waals surface area contributed by atoms with Crippen LogP contribution < -0.4 is 21.3 Å². The van der Waals surface area contributed by atoms with Crippen LogP contribution in [0.15, 0.2) is 72.8 Å². The summed E-state index contributed by atoms with van der Waals surface area (Å²) >= 11 is 0. The Morgan fingerprint density at radius 2 is 1.41 bits per heavy atom. The number of carbonyl (C=O) groups excluding carboxylic acids is 2. The maximum Gasteiger partial charge on any atom is 0.255 e. The smallest absolute Gasteiger partial charge is 0.255 e. The van der Waals surface area contributed by atoms with Gasteiger partial charge in [0.2, 0.25) is 0 Å². The van der Waals surface area contributed by atoms with Gasteiger partial charge in [-0.2, -0.15) is 0 Å². The highest BCUT2D eigenvalue weighted by atomic mass is 16.2. The molecule has 0 aliphatic heterocycles. The second-order valence-corrected chi connectivity index (χ2v) is 6.86. The van der Waals surface area contributed by atoms with Crippen LogP contribution in [0, 0.1) is 0 Å². The van der Waals surface area contributed by atoms with Crippen molar-refractivity contribution >= 4 is 28.9 Å². The van der Waals surface area contributed by atoms with Gasteiger partial charge >= 0.3 is 0 Å². The molecule has 0 spiro atoms. The minimum atomic E-state index is -0.237. The summed E-state index contributed by atoms with van der Waals surface area (Å²) in [6, 6.07) is 21.6. The molecule has 0 aromatic heterocycles. The Labute approximate surface area is 170 Å². The van der Waals surface area contributed by atoms with E-state index < -0.39 is 0 Å². The molecular weight excluding hydrogens is 364 g/mol. The zero-order chi connectivity index (χ0) is 20.8. The van der Waals surface area contributed by atoms with E-state index in [1.165, 1.54) is 0 Å². The van der Waals surface area contributed by atoms with Crippen LogP contribution in [-0.2, 0) is 6.54 Å². The molecule has 3 aromatic rings. The minimum absolute atomic E-state index is 0.142. The summed E-state index contributed by atoms with van der Waals surface area (Å²) < 4.78 is 0. The van der Waals surface area contributed by atoms with E-state index in [1.54, 1.807) is 36.4 Å². The highest BCUT2D eigenvalue weighted by Crippen LogP contribution is 2.18. The van der Waals surface area contributed by atoms with Crippen LogP contribution in [0.25, 0.3) is 0 Å². The summed E-state index contributed by atoms with van der Waals surface area (Å²) in [6.45, 7) is 0.377. The third-order valence-electron chi connectivity index (χ3n) is 4.52. The van der Waals surface area contributed by atoms with Crippen molar-refractivity contribution in [1.82, 2.24) is 5.32 Å². The molecule has 6 nitrogen and oxygen atoms in total. The number of amides is 2. The number of nitrogens with one attached hydrogen (secondary N) is 2. The fourth-order valence-electron chi connectivity index (χ4n) is 2.77. The Kier molecular flexibility index (Phi) is 6.14. The van der Waals surface area contributed by atoms with E-state index in [4.69, 9.17) is 5.73 Å². The van der Waals surface area contributed by atoms with Gasteiger partial charge < -0.3 is 21.3 Å². The molecule has 0 atom stereocenters. The zero-order valence-corrected chi connectivity index (χ0v) is 16.5. The van der Waals surface area contributed by atoms with E-state index in [-0.39, 0.29) is 11.8 Å². The van der Waals surface area contributed by atoms with Crippen molar-refractivity contribution in [1.29, 1.82) is 0 Å². The monoisotopic (exact) mass is 388 g/mol. The number of para-hydroxylation sites is 2. The van der Waals surface area contributed by atoms with Crippen molar-refractivity contribution in [3.63, 3.8) is 0 Å². The average Bonchev–Trinajstić information content (AvgIpc) is 2.74. The van der Waals surface area contributed by atoms with Crippen molar-refractivity contribution in [2.75, 3.05) is 30.0 Å². The SMILES string of the molecule is CN(C)c1ccc(C(=O)NCc2ccc(C(=O)Nc3ccccc3N)cc2)cc1.